The van der Waals surface area contributed by atoms with E-state index in [1.54, 1.807) is 30.3 Å². The Labute approximate surface area is 272 Å². The number of imide groups is 2. The third-order valence-corrected chi connectivity index (χ3v) is 10.5. The van der Waals surface area contributed by atoms with Gasteiger partial charge in [0.1, 0.15) is 12.4 Å². The molecule has 2 aliphatic carbocycles. The molecule has 0 radical (unpaired) electrons. The first-order valence-electron chi connectivity index (χ1n) is 15.9. The van der Waals surface area contributed by atoms with E-state index in [1.165, 1.54) is 9.80 Å². The van der Waals surface area contributed by atoms with Crippen molar-refractivity contribution in [3.63, 3.8) is 0 Å². The normalized spacial score (nSPS) is 28.6. The number of allylic oxidation sites excluding steroid dienone is 2. The number of carbonyl (C=O) groups is 4. The fourth-order valence-corrected chi connectivity index (χ4v) is 8.79. The molecule has 7 rings (SSSR count). The number of likely N-dealkylation sites (tertiary alicyclic amines) is 1. The van der Waals surface area contributed by atoms with Gasteiger partial charge in [0.2, 0.25) is 23.6 Å². The number of rotatable bonds is 8. The summed E-state index contributed by atoms with van der Waals surface area (Å²) < 4.78 is 6.08. The Bertz CT molecular complexity index is 1760. The lowest BCUT2D eigenvalue weighted by Crippen LogP contribution is -2.53. The smallest absolute Gasteiger partial charge is 0.246 e. The van der Waals surface area contributed by atoms with Crippen LogP contribution in [0.1, 0.15) is 43.2 Å². The quantitative estimate of drug-likeness (QED) is 0.266. The van der Waals surface area contributed by atoms with E-state index in [0.717, 1.165) is 5.57 Å². The van der Waals surface area contributed by atoms with Gasteiger partial charge in [-0.3, -0.25) is 24.1 Å². The molecule has 0 bridgehead atoms. The predicted octanol–water partition coefficient (Wildman–Crippen LogP) is 5.28. The highest BCUT2D eigenvalue weighted by Gasteiger charge is 2.70. The topological polar surface area (TPSA) is 104 Å². The van der Waals surface area contributed by atoms with E-state index in [1.807, 2.05) is 61.5 Å². The second kappa shape index (κ2) is 11.8. The molecular weight excluding hydrogens is 604 g/mol. The van der Waals surface area contributed by atoms with Crippen LogP contribution < -0.4 is 9.64 Å². The van der Waals surface area contributed by atoms with Crippen LogP contribution in [-0.2, 0) is 24.6 Å². The third kappa shape index (κ3) is 4.37. The lowest BCUT2D eigenvalue weighted by Gasteiger charge is -2.51. The van der Waals surface area contributed by atoms with E-state index in [2.05, 4.69) is 0 Å². The summed E-state index contributed by atoms with van der Waals surface area (Å²) in [7, 11) is 0. The highest BCUT2D eigenvalue weighted by atomic mass is 35.5. The number of amides is 4. The third-order valence-electron chi connectivity index (χ3n) is 10.3. The van der Waals surface area contributed by atoms with Gasteiger partial charge in [0, 0.05) is 23.0 Å². The lowest BCUT2D eigenvalue weighted by atomic mass is 9.49. The number of aliphatic hydroxyl groups is 1. The van der Waals surface area contributed by atoms with Crippen molar-refractivity contribution in [1.29, 1.82) is 0 Å². The van der Waals surface area contributed by atoms with Crippen molar-refractivity contribution in [3.8, 4) is 5.75 Å². The molecule has 9 heteroatoms. The number of hydrogen-bond acceptors (Lipinski definition) is 6. The second-order valence-corrected chi connectivity index (χ2v) is 13.0. The summed E-state index contributed by atoms with van der Waals surface area (Å²) in [5.74, 6) is -3.72. The average Bonchev–Trinajstić information content (AvgIpc) is 3.45. The Morgan fingerprint density at radius 3 is 2.41 bits per heavy atom. The van der Waals surface area contributed by atoms with Gasteiger partial charge in [0.05, 0.1) is 35.5 Å². The van der Waals surface area contributed by atoms with Crippen molar-refractivity contribution in [3.05, 3.63) is 107 Å². The van der Waals surface area contributed by atoms with Gasteiger partial charge in [-0.15, -0.1) is 0 Å². The Hall–Kier alpha value is -4.27. The summed E-state index contributed by atoms with van der Waals surface area (Å²) in [5.41, 5.74) is 1.24. The number of anilines is 1. The number of aliphatic hydroxyl groups excluding tert-OH is 1. The van der Waals surface area contributed by atoms with Crippen LogP contribution in [0.4, 0.5) is 5.69 Å². The summed E-state index contributed by atoms with van der Waals surface area (Å²) in [4.78, 5) is 60.2. The summed E-state index contributed by atoms with van der Waals surface area (Å²) >= 11 is 6.38. The molecule has 236 valence electrons. The van der Waals surface area contributed by atoms with Crippen LogP contribution in [0.5, 0.6) is 5.75 Å². The average molecular weight is 639 g/mol. The van der Waals surface area contributed by atoms with Crippen molar-refractivity contribution < 1.29 is 29.0 Å². The monoisotopic (exact) mass is 638 g/mol. The summed E-state index contributed by atoms with van der Waals surface area (Å²) in [5, 5.41) is 10.0. The maximum Gasteiger partial charge on any atom is 0.246 e. The van der Waals surface area contributed by atoms with Crippen LogP contribution in [0.25, 0.3) is 0 Å². The lowest BCUT2D eigenvalue weighted by molar-refractivity contribution is -0.140. The van der Waals surface area contributed by atoms with E-state index in [-0.39, 0.29) is 43.3 Å². The minimum absolute atomic E-state index is 0.0408. The van der Waals surface area contributed by atoms with E-state index < -0.39 is 35.0 Å². The molecule has 0 spiro atoms. The first-order valence-corrected chi connectivity index (χ1v) is 16.3. The van der Waals surface area contributed by atoms with Crippen molar-refractivity contribution in [2.45, 2.75) is 37.5 Å². The maximum atomic E-state index is 15.3. The number of nitrogens with zero attached hydrogens (tertiary/aromatic N) is 2. The van der Waals surface area contributed by atoms with Gasteiger partial charge in [0.25, 0.3) is 0 Å². The number of benzene rings is 3. The van der Waals surface area contributed by atoms with Gasteiger partial charge in [0.15, 0.2) is 0 Å². The highest BCUT2D eigenvalue weighted by molar-refractivity contribution is 6.32. The number of fused-ring (bicyclic) bond motifs is 4. The summed E-state index contributed by atoms with van der Waals surface area (Å²) in [6.07, 6.45) is 3.30. The fraction of sp³-hybridized carbons (Fsp3) is 0.351. The van der Waals surface area contributed by atoms with Crippen molar-refractivity contribution >= 4 is 40.9 Å². The van der Waals surface area contributed by atoms with Crippen LogP contribution in [0.3, 0.4) is 0 Å². The van der Waals surface area contributed by atoms with Gasteiger partial charge < -0.3 is 9.84 Å². The van der Waals surface area contributed by atoms with E-state index in [0.29, 0.717) is 47.0 Å². The Morgan fingerprint density at radius 2 is 1.67 bits per heavy atom. The SMILES string of the molecule is CCCN1C(=O)[C@H]2[C@H](CC=C3[C@H]2C[C@H]2C(=O)N(c4cccc(Cl)c4)C(=O)[C@@]2(c2ccccc2)[C@H]3c2ccccc2OCCO)C1=O. The maximum absolute atomic E-state index is 15.3. The van der Waals surface area contributed by atoms with Crippen LogP contribution in [0.2, 0.25) is 5.02 Å². The van der Waals surface area contributed by atoms with Gasteiger partial charge in [-0.05, 0) is 55.0 Å². The number of ether oxygens (including phenoxy) is 1. The molecule has 6 atom stereocenters. The highest BCUT2D eigenvalue weighted by Crippen LogP contribution is 2.65. The van der Waals surface area contributed by atoms with Crippen LogP contribution in [0, 0.1) is 23.7 Å². The Kier molecular flexibility index (Phi) is 7.81. The molecule has 4 amide bonds. The van der Waals surface area contributed by atoms with E-state index in [9.17, 15) is 19.5 Å². The fourth-order valence-electron chi connectivity index (χ4n) is 8.60. The standard InChI is InChI=1S/C37H35ClN2O6/c1-2-17-39-33(42)27-16-15-25-28(31(27)35(39)44)21-29-34(43)40(24-12-8-11-23(38)20-24)36(45)37(29,22-9-4-3-5-10-22)32(25)26-13-6-7-14-30(26)46-19-18-41/h3-15,20,27-29,31-32,41H,2,16-19,21H2,1H3/t27-,28+,29-,31-,32+,37+/m0/s1. The molecule has 0 unspecified atom stereocenters. The van der Waals surface area contributed by atoms with E-state index in [4.69, 9.17) is 16.3 Å². The van der Waals surface area contributed by atoms with E-state index >= 15 is 4.79 Å². The number of halogens is 1. The van der Waals surface area contributed by atoms with Crippen LogP contribution in [0.15, 0.2) is 90.5 Å². The van der Waals surface area contributed by atoms with Crippen LogP contribution >= 0.6 is 11.6 Å². The number of para-hydroxylation sites is 1. The van der Waals surface area contributed by atoms with Crippen molar-refractivity contribution in [1.82, 2.24) is 4.90 Å². The molecule has 2 heterocycles. The van der Waals surface area contributed by atoms with Gasteiger partial charge in [-0.1, -0.05) is 84.8 Å². The minimum atomic E-state index is -1.39. The zero-order chi connectivity index (χ0) is 32.2. The first-order chi connectivity index (χ1) is 22.3. The minimum Gasteiger partial charge on any atom is -0.491 e. The molecule has 3 fully saturated rings. The second-order valence-electron chi connectivity index (χ2n) is 12.5. The van der Waals surface area contributed by atoms with Crippen LogP contribution in [-0.4, -0.2) is 53.4 Å². The molecule has 2 aliphatic heterocycles. The summed E-state index contributed by atoms with van der Waals surface area (Å²) in [6.45, 7) is 2.13. The number of carbonyl (C=O) groups excluding carboxylic acids is 4. The van der Waals surface area contributed by atoms with Gasteiger partial charge >= 0.3 is 0 Å². The molecule has 0 aromatic heterocycles. The molecule has 1 N–H and O–H groups in total. The van der Waals surface area contributed by atoms with Gasteiger partial charge in [-0.2, -0.15) is 0 Å². The summed E-state index contributed by atoms with van der Waals surface area (Å²) in [6, 6.07) is 23.5. The zero-order valence-electron chi connectivity index (χ0n) is 25.5. The largest absolute Gasteiger partial charge is 0.491 e. The van der Waals surface area contributed by atoms with Crippen molar-refractivity contribution in [2.24, 2.45) is 23.7 Å². The molecule has 46 heavy (non-hydrogen) atoms. The van der Waals surface area contributed by atoms with Gasteiger partial charge in [-0.25, -0.2) is 4.90 Å². The molecule has 1 saturated carbocycles. The first kappa shape index (κ1) is 30.4. The molecular formula is C37H35ClN2O6. The Morgan fingerprint density at radius 1 is 0.913 bits per heavy atom. The molecule has 4 aliphatic rings. The number of hydrogen-bond donors (Lipinski definition) is 1. The zero-order valence-corrected chi connectivity index (χ0v) is 26.2. The molecule has 3 aromatic carbocycles. The van der Waals surface area contributed by atoms with Crippen molar-refractivity contribution in [2.75, 3.05) is 24.7 Å². The molecule has 2 saturated heterocycles. The molecule has 8 nitrogen and oxygen atoms in total. The predicted molar refractivity (Wildman–Crippen MR) is 172 cm³/mol. The Balaban J connectivity index is 1.50. The molecule has 3 aromatic rings.